The third-order valence-electron chi connectivity index (χ3n) is 8.25. The van der Waals surface area contributed by atoms with Crippen LogP contribution in [0.3, 0.4) is 0 Å². The monoisotopic (exact) mass is 517 g/mol. The molecule has 0 fully saturated rings. The van der Waals surface area contributed by atoms with E-state index in [2.05, 4.69) is 48.5 Å². The molecule has 0 saturated carbocycles. The average Bonchev–Trinajstić information content (AvgIpc) is 3.58. The number of methoxy groups -OCH3 is 1. The van der Waals surface area contributed by atoms with Gasteiger partial charge in [0.2, 0.25) is 0 Å². The molecule has 0 N–H and O–H groups in total. The SMILES string of the molecule is COc1ccc(-c2c3c(cn2S(=O)(=O)c2ccc(C)cc2)CC2(C3)c3ccccc3-c3ccccc32)cc1. The molecule has 5 aromatic rings. The lowest BCUT2D eigenvalue weighted by Gasteiger charge is -2.27. The second-order valence-corrected chi connectivity index (χ2v) is 12.2. The molecule has 1 spiro atoms. The Labute approximate surface area is 223 Å². The highest BCUT2D eigenvalue weighted by molar-refractivity contribution is 7.90. The van der Waals surface area contributed by atoms with Gasteiger partial charge in [-0.2, -0.15) is 0 Å². The standard InChI is InChI=1S/C33H27NO3S/c1-22-11-17-26(18-12-22)38(35,36)34-21-24-19-33(20-29(24)32(34)23-13-15-25(37-2)16-14-23)30-9-5-3-7-27(30)28-8-4-6-10-31(28)33/h3-18,21H,19-20H2,1-2H3. The van der Waals surface area contributed by atoms with Crippen molar-refractivity contribution >= 4 is 10.0 Å². The minimum absolute atomic E-state index is 0.203. The maximum atomic E-state index is 14.0. The first-order valence-electron chi connectivity index (χ1n) is 12.8. The highest BCUT2D eigenvalue weighted by Crippen LogP contribution is 2.56. The number of aryl methyl sites for hydroxylation is 1. The quantitative estimate of drug-likeness (QED) is 0.264. The molecule has 0 aliphatic heterocycles. The molecule has 38 heavy (non-hydrogen) atoms. The van der Waals surface area contributed by atoms with Gasteiger partial charge in [-0.05, 0) is 95.1 Å². The number of fused-ring (bicyclic) bond motifs is 6. The molecule has 0 radical (unpaired) electrons. The summed E-state index contributed by atoms with van der Waals surface area (Å²) >= 11 is 0. The molecule has 2 aliphatic carbocycles. The second kappa shape index (κ2) is 8.20. The molecule has 0 bridgehead atoms. The topological polar surface area (TPSA) is 48.3 Å². The lowest BCUT2D eigenvalue weighted by atomic mass is 9.75. The molecule has 4 nitrogen and oxygen atoms in total. The fraction of sp³-hybridized carbons (Fsp3) is 0.152. The third-order valence-corrected chi connectivity index (χ3v) is 9.93. The summed E-state index contributed by atoms with van der Waals surface area (Å²) < 4.78 is 34.9. The molecule has 2 aliphatic rings. The minimum atomic E-state index is -3.80. The summed E-state index contributed by atoms with van der Waals surface area (Å²) in [4.78, 5) is 0.290. The Morgan fingerprint density at radius 1 is 0.763 bits per heavy atom. The Morgan fingerprint density at radius 2 is 1.37 bits per heavy atom. The van der Waals surface area contributed by atoms with Gasteiger partial charge in [-0.25, -0.2) is 12.4 Å². The maximum absolute atomic E-state index is 14.0. The maximum Gasteiger partial charge on any atom is 0.268 e. The molecule has 0 atom stereocenters. The van der Waals surface area contributed by atoms with Crippen molar-refractivity contribution in [1.29, 1.82) is 0 Å². The molecular formula is C33H27NO3S. The summed E-state index contributed by atoms with van der Waals surface area (Å²) in [7, 11) is -2.16. The van der Waals surface area contributed by atoms with Crippen LogP contribution in [-0.4, -0.2) is 19.5 Å². The number of ether oxygens (including phenoxy) is 1. The van der Waals surface area contributed by atoms with Crippen LogP contribution in [0.5, 0.6) is 5.75 Å². The van der Waals surface area contributed by atoms with Crippen LogP contribution in [-0.2, 0) is 28.3 Å². The van der Waals surface area contributed by atoms with Crippen molar-refractivity contribution < 1.29 is 13.2 Å². The third kappa shape index (κ3) is 3.18. The number of hydrogen-bond acceptors (Lipinski definition) is 3. The molecule has 0 amide bonds. The highest BCUT2D eigenvalue weighted by Gasteiger charge is 2.49. The summed E-state index contributed by atoms with van der Waals surface area (Å²) in [5.41, 5.74) is 9.80. The van der Waals surface area contributed by atoms with Crippen LogP contribution in [0.25, 0.3) is 22.4 Å². The number of nitrogens with zero attached hydrogens (tertiary/aromatic N) is 1. The molecule has 4 aromatic carbocycles. The Hall–Kier alpha value is -4.09. The molecule has 0 unspecified atom stereocenters. The first-order valence-corrected chi connectivity index (χ1v) is 14.3. The van der Waals surface area contributed by atoms with Crippen LogP contribution in [0.4, 0.5) is 0 Å². The first-order chi connectivity index (χ1) is 18.4. The van der Waals surface area contributed by atoms with E-state index in [1.807, 2.05) is 49.5 Å². The fourth-order valence-electron chi connectivity index (χ4n) is 6.47. The predicted octanol–water partition coefficient (Wildman–Crippen LogP) is 6.77. The zero-order valence-electron chi connectivity index (χ0n) is 21.3. The smallest absolute Gasteiger partial charge is 0.268 e. The zero-order valence-corrected chi connectivity index (χ0v) is 22.1. The first kappa shape index (κ1) is 23.1. The summed E-state index contributed by atoms with van der Waals surface area (Å²) in [6.07, 6.45) is 3.37. The highest BCUT2D eigenvalue weighted by atomic mass is 32.2. The largest absolute Gasteiger partial charge is 0.497 e. The van der Waals surface area contributed by atoms with Crippen LogP contribution >= 0.6 is 0 Å². The Bertz CT molecular complexity index is 1770. The van der Waals surface area contributed by atoms with Gasteiger partial charge in [0.05, 0.1) is 17.7 Å². The van der Waals surface area contributed by atoms with E-state index in [1.165, 1.54) is 26.2 Å². The summed E-state index contributed by atoms with van der Waals surface area (Å²) in [6.45, 7) is 1.96. The zero-order chi connectivity index (χ0) is 26.1. The van der Waals surface area contributed by atoms with Crippen LogP contribution < -0.4 is 4.74 Å². The molecule has 1 aromatic heterocycles. The van der Waals surface area contributed by atoms with Gasteiger partial charge in [-0.15, -0.1) is 0 Å². The van der Waals surface area contributed by atoms with Gasteiger partial charge >= 0.3 is 0 Å². The lowest BCUT2D eigenvalue weighted by Crippen LogP contribution is -2.26. The molecule has 5 heteroatoms. The van der Waals surface area contributed by atoms with Crippen LogP contribution in [0.1, 0.15) is 27.8 Å². The Kier molecular flexibility index (Phi) is 4.98. The van der Waals surface area contributed by atoms with Crippen molar-refractivity contribution in [2.24, 2.45) is 0 Å². The lowest BCUT2D eigenvalue weighted by molar-refractivity contribution is 0.415. The van der Waals surface area contributed by atoms with Crippen molar-refractivity contribution in [2.45, 2.75) is 30.1 Å². The van der Waals surface area contributed by atoms with Gasteiger partial charge in [-0.3, -0.25) is 0 Å². The average molecular weight is 518 g/mol. The molecule has 0 saturated heterocycles. The van der Waals surface area contributed by atoms with Crippen LogP contribution in [0.15, 0.2) is 108 Å². The van der Waals surface area contributed by atoms with Crippen molar-refractivity contribution in [1.82, 2.24) is 3.97 Å². The number of rotatable bonds is 4. The van der Waals surface area contributed by atoms with Gasteiger partial charge in [-0.1, -0.05) is 66.2 Å². The number of aromatic nitrogens is 1. The summed E-state index contributed by atoms with van der Waals surface area (Å²) in [5.74, 6) is 0.736. The van der Waals surface area contributed by atoms with Crippen molar-refractivity contribution in [3.8, 4) is 28.1 Å². The second-order valence-electron chi connectivity index (χ2n) is 10.4. The van der Waals surface area contributed by atoms with Crippen molar-refractivity contribution in [3.05, 3.63) is 131 Å². The van der Waals surface area contributed by atoms with Crippen LogP contribution in [0.2, 0.25) is 0 Å². The van der Waals surface area contributed by atoms with E-state index in [4.69, 9.17) is 4.74 Å². The Balaban J connectivity index is 1.44. The normalized spacial score (nSPS) is 14.8. The van der Waals surface area contributed by atoms with Gasteiger partial charge in [0, 0.05) is 11.6 Å². The number of hydrogen-bond donors (Lipinski definition) is 0. The number of benzene rings is 4. The van der Waals surface area contributed by atoms with E-state index < -0.39 is 10.0 Å². The van der Waals surface area contributed by atoms with E-state index in [-0.39, 0.29) is 10.3 Å². The fourth-order valence-corrected chi connectivity index (χ4v) is 7.90. The van der Waals surface area contributed by atoms with Crippen molar-refractivity contribution in [2.75, 3.05) is 7.11 Å². The van der Waals surface area contributed by atoms with E-state index in [9.17, 15) is 8.42 Å². The summed E-state index contributed by atoms with van der Waals surface area (Å²) in [6, 6.07) is 32.1. The van der Waals surface area contributed by atoms with Gasteiger partial charge in [0.1, 0.15) is 5.75 Å². The van der Waals surface area contributed by atoms with E-state index in [0.29, 0.717) is 0 Å². The van der Waals surface area contributed by atoms with E-state index >= 15 is 0 Å². The molecule has 1 heterocycles. The van der Waals surface area contributed by atoms with E-state index in [0.717, 1.165) is 46.5 Å². The van der Waals surface area contributed by atoms with Crippen molar-refractivity contribution in [3.63, 3.8) is 0 Å². The molecule has 188 valence electrons. The molecule has 7 rings (SSSR count). The van der Waals surface area contributed by atoms with Crippen LogP contribution in [0, 0.1) is 6.92 Å². The van der Waals surface area contributed by atoms with E-state index in [1.54, 1.807) is 19.2 Å². The predicted molar refractivity (Wildman–Crippen MR) is 150 cm³/mol. The Morgan fingerprint density at radius 3 is 1.97 bits per heavy atom. The minimum Gasteiger partial charge on any atom is -0.497 e. The van der Waals surface area contributed by atoms with Gasteiger partial charge in [0.25, 0.3) is 10.0 Å². The molecular weight excluding hydrogens is 490 g/mol. The summed E-state index contributed by atoms with van der Waals surface area (Å²) in [5, 5.41) is 0. The van der Waals surface area contributed by atoms with Gasteiger partial charge < -0.3 is 4.74 Å². The van der Waals surface area contributed by atoms with Gasteiger partial charge in [0.15, 0.2) is 0 Å².